The number of hydrogen-bond acceptors (Lipinski definition) is 5. The van der Waals surface area contributed by atoms with Gasteiger partial charge in [0.15, 0.2) is 23.0 Å². The van der Waals surface area contributed by atoms with Gasteiger partial charge in [-0.05, 0) is 30.3 Å². The van der Waals surface area contributed by atoms with Crippen LogP contribution < -0.4 is 5.32 Å². The molecule has 0 saturated heterocycles. The number of fused-ring (bicyclic) bond motifs is 1. The number of rotatable bonds is 2. The molecule has 1 aromatic carbocycles. The Bertz CT molecular complexity index is 841. The van der Waals surface area contributed by atoms with Crippen LogP contribution in [0, 0.1) is 0 Å². The van der Waals surface area contributed by atoms with Crippen molar-refractivity contribution in [2.24, 2.45) is 0 Å². The number of hydrogen-bond donors (Lipinski definition) is 4. The maximum atomic E-state index is 11.1. The van der Waals surface area contributed by atoms with Gasteiger partial charge in [-0.3, -0.25) is 9.89 Å². The molecule has 7 heteroatoms. The highest BCUT2D eigenvalue weighted by Gasteiger charge is 2.10. The number of aromatic nitrogens is 3. The molecule has 3 rings (SSSR count). The van der Waals surface area contributed by atoms with Gasteiger partial charge >= 0.3 is 0 Å². The molecule has 0 aliphatic heterocycles. The van der Waals surface area contributed by atoms with Gasteiger partial charge < -0.3 is 15.5 Å². The fraction of sp³-hybridized carbons (Fsp3) is 0.0714. The van der Waals surface area contributed by atoms with E-state index in [2.05, 4.69) is 20.5 Å². The van der Waals surface area contributed by atoms with Crippen molar-refractivity contribution in [3.05, 3.63) is 30.3 Å². The molecule has 0 saturated carbocycles. The van der Waals surface area contributed by atoms with Crippen LogP contribution in [0.5, 0.6) is 11.5 Å². The minimum Gasteiger partial charge on any atom is -0.504 e. The van der Waals surface area contributed by atoms with Crippen LogP contribution in [0.3, 0.4) is 0 Å². The molecule has 0 spiro atoms. The molecular formula is C14H12N4O3. The van der Waals surface area contributed by atoms with Gasteiger partial charge in [-0.15, -0.1) is 0 Å². The number of benzene rings is 1. The Kier molecular flexibility index (Phi) is 2.94. The Morgan fingerprint density at radius 2 is 2.00 bits per heavy atom. The van der Waals surface area contributed by atoms with Gasteiger partial charge in [0.2, 0.25) is 5.91 Å². The molecule has 1 amide bonds. The Balaban J connectivity index is 2.05. The van der Waals surface area contributed by atoms with E-state index < -0.39 is 0 Å². The van der Waals surface area contributed by atoms with Crippen LogP contribution in [0.15, 0.2) is 30.3 Å². The molecule has 21 heavy (non-hydrogen) atoms. The van der Waals surface area contributed by atoms with Crippen molar-refractivity contribution in [2.45, 2.75) is 6.92 Å². The van der Waals surface area contributed by atoms with Crippen LogP contribution in [0.1, 0.15) is 6.92 Å². The van der Waals surface area contributed by atoms with Gasteiger partial charge in [0, 0.05) is 12.5 Å². The summed E-state index contributed by atoms with van der Waals surface area (Å²) in [4.78, 5) is 15.5. The van der Waals surface area contributed by atoms with Gasteiger partial charge in [-0.2, -0.15) is 5.10 Å². The molecule has 7 nitrogen and oxygen atoms in total. The highest BCUT2D eigenvalue weighted by molar-refractivity contribution is 5.98. The van der Waals surface area contributed by atoms with Crippen LogP contribution in [0.4, 0.5) is 5.82 Å². The molecular weight excluding hydrogens is 272 g/mol. The summed E-state index contributed by atoms with van der Waals surface area (Å²) in [5.41, 5.74) is 1.78. The van der Waals surface area contributed by atoms with Crippen LogP contribution in [-0.4, -0.2) is 31.3 Å². The molecule has 2 aromatic heterocycles. The summed E-state index contributed by atoms with van der Waals surface area (Å²) in [5.74, 6) is -0.187. The monoisotopic (exact) mass is 284 g/mol. The van der Waals surface area contributed by atoms with Crippen molar-refractivity contribution in [3.63, 3.8) is 0 Å². The Morgan fingerprint density at radius 3 is 2.71 bits per heavy atom. The van der Waals surface area contributed by atoms with Crippen molar-refractivity contribution in [1.29, 1.82) is 0 Å². The standard InChI is InChI=1S/C14H12N4O3/c1-7(19)15-13-9-3-4-10(16-14(9)18-17-13)8-2-5-11(20)12(21)6-8/h2-6,20-21H,1H3,(H2,15,16,17,18,19). The summed E-state index contributed by atoms with van der Waals surface area (Å²) >= 11 is 0. The number of carbonyl (C=O) groups excluding carboxylic acids is 1. The Morgan fingerprint density at radius 1 is 1.19 bits per heavy atom. The van der Waals surface area contributed by atoms with Gasteiger partial charge in [-0.1, -0.05) is 0 Å². The predicted molar refractivity (Wildman–Crippen MR) is 77.0 cm³/mol. The summed E-state index contributed by atoms with van der Waals surface area (Å²) in [6, 6.07) is 7.99. The van der Waals surface area contributed by atoms with E-state index in [4.69, 9.17) is 0 Å². The number of pyridine rings is 1. The normalized spacial score (nSPS) is 10.7. The topological polar surface area (TPSA) is 111 Å². The zero-order chi connectivity index (χ0) is 15.0. The number of nitrogens with one attached hydrogen (secondary N) is 2. The third-order valence-corrected chi connectivity index (χ3v) is 2.99. The lowest BCUT2D eigenvalue weighted by molar-refractivity contribution is -0.114. The summed E-state index contributed by atoms with van der Waals surface area (Å²) in [6.07, 6.45) is 0. The molecule has 0 unspecified atom stereocenters. The number of aromatic amines is 1. The average molecular weight is 284 g/mol. The smallest absolute Gasteiger partial charge is 0.222 e. The minimum absolute atomic E-state index is 0.186. The molecule has 0 radical (unpaired) electrons. The summed E-state index contributed by atoms with van der Waals surface area (Å²) < 4.78 is 0. The lowest BCUT2D eigenvalue weighted by Gasteiger charge is -2.03. The van der Waals surface area contributed by atoms with Gasteiger partial charge in [0.1, 0.15) is 0 Å². The summed E-state index contributed by atoms with van der Waals surface area (Å²) in [5, 5.41) is 28.9. The highest BCUT2D eigenvalue weighted by atomic mass is 16.3. The van der Waals surface area contributed by atoms with E-state index in [1.807, 2.05) is 0 Å². The number of phenols is 2. The van der Waals surface area contributed by atoms with Crippen LogP contribution in [0.25, 0.3) is 22.3 Å². The molecule has 2 heterocycles. The van der Waals surface area contributed by atoms with Crippen molar-refractivity contribution in [2.75, 3.05) is 5.32 Å². The molecule has 3 aromatic rings. The fourth-order valence-electron chi connectivity index (χ4n) is 2.01. The van der Waals surface area contributed by atoms with E-state index >= 15 is 0 Å². The second-order valence-electron chi connectivity index (χ2n) is 4.55. The second-order valence-corrected chi connectivity index (χ2v) is 4.55. The highest BCUT2D eigenvalue weighted by Crippen LogP contribution is 2.30. The molecule has 0 bridgehead atoms. The number of H-pyrrole nitrogens is 1. The minimum atomic E-state index is -0.212. The van der Waals surface area contributed by atoms with Crippen molar-refractivity contribution >= 4 is 22.8 Å². The first-order valence-corrected chi connectivity index (χ1v) is 6.19. The van der Waals surface area contributed by atoms with Crippen molar-refractivity contribution in [3.8, 4) is 22.8 Å². The third-order valence-electron chi connectivity index (χ3n) is 2.99. The first-order chi connectivity index (χ1) is 10.0. The first kappa shape index (κ1) is 12.9. The SMILES string of the molecule is CC(=O)Nc1n[nH]c2nc(-c3ccc(O)c(O)c3)ccc12. The van der Waals surface area contributed by atoms with Crippen molar-refractivity contribution < 1.29 is 15.0 Å². The van der Waals surface area contributed by atoms with Crippen LogP contribution in [0.2, 0.25) is 0 Å². The molecule has 0 aliphatic carbocycles. The Hall–Kier alpha value is -3.09. The number of aromatic hydroxyl groups is 2. The van der Waals surface area contributed by atoms with Crippen molar-refractivity contribution in [1.82, 2.24) is 15.2 Å². The summed E-state index contributed by atoms with van der Waals surface area (Å²) in [6.45, 7) is 1.40. The maximum Gasteiger partial charge on any atom is 0.222 e. The lowest BCUT2D eigenvalue weighted by atomic mass is 10.1. The Labute approximate surface area is 119 Å². The predicted octanol–water partition coefficient (Wildman–Crippen LogP) is 1.99. The molecule has 4 N–H and O–H groups in total. The first-order valence-electron chi connectivity index (χ1n) is 6.19. The quantitative estimate of drug-likeness (QED) is 0.538. The van der Waals surface area contributed by atoms with E-state index in [0.29, 0.717) is 28.1 Å². The lowest BCUT2D eigenvalue weighted by Crippen LogP contribution is -2.06. The second kappa shape index (κ2) is 4.78. The van der Waals surface area contributed by atoms with Gasteiger partial charge in [0.05, 0.1) is 11.1 Å². The maximum absolute atomic E-state index is 11.1. The molecule has 0 atom stereocenters. The van der Waals surface area contributed by atoms with Crippen LogP contribution >= 0.6 is 0 Å². The van der Waals surface area contributed by atoms with E-state index in [1.165, 1.54) is 19.1 Å². The molecule has 0 fully saturated rings. The summed E-state index contributed by atoms with van der Waals surface area (Å²) in [7, 11) is 0. The molecule has 106 valence electrons. The van der Waals surface area contributed by atoms with Gasteiger partial charge in [0.25, 0.3) is 0 Å². The number of nitrogens with zero attached hydrogens (tertiary/aromatic N) is 2. The largest absolute Gasteiger partial charge is 0.504 e. The molecule has 0 aliphatic rings. The number of amides is 1. The number of phenolic OH excluding ortho intramolecular Hbond substituents is 2. The zero-order valence-corrected chi connectivity index (χ0v) is 11.1. The van der Waals surface area contributed by atoms with E-state index in [9.17, 15) is 15.0 Å². The average Bonchev–Trinajstić information content (AvgIpc) is 2.83. The zero-order valence-electron chi connectivity index (χ0n) is 11.1. The third kappa shape index (κ3) is 2.36. The fourth-order valence-corrected chi connectivity index (χ4v) is 2.01. The van der Waals surface area contributed by atoms with Crippen LogP contribution in [-0.2, 0) is 4.79 Å². The van der Waals surface area contributed by atoms with E-state index in [-0.39, 0.29) is 17.4 Å². The number of carbonyl (C=O) groups is 1. The van der Waals surface area contributed by atoms with E-state index in [0.717, 1.165) is 0 Å². The number of anilines is 1. The van der Waals surface area contributed by atoms with E-state index in [1.54, 1.807) is 18.2 Å². The van der Waals surface area contributed by atoms with Gasteiger partial charge in [-0.25, -0.2) is 4.98 Å².